The van der Waals surface area contributed by atoms with Gasteiger partial charge in [0.15, 0.2) is 0 Å². The summed E-state index contributed by atoms with van der Waals surface area (Å²) in [4.78, 5) is 8.81. The number of aromatic nitrogens is 2. The molecule has 2 nitrogen and oxygen atoms in total. The lowest BCUT2D eigenvalue weighted by Gasteiger charge is -2.08. The van der Waals surface area contributed by atoms with E-state index in [1.807, 2.05) is 49.5 Å². The molecule has 0 aliphatic rings. The van der Waals surface area contributed by atoms with E-state index in [4.69, 9.17) is 0 Å². The van der Waals surface area contributed by atoms with Crippen molar-refractivity contribution in [2.75, 3.05) is 0 Å². The van der Waals surface area contributed by atoms with Gasteiger partial charge in [0, 0.05) is 29.2 Å². The summed E-state index contributed by atoms with van der Waals surface area (Å²) < 4.78 is 0. The van der Waals surface area contributed by atoms with Crippen LogP contribution in [0.1, 0.15) is 5.69 Å². The van der Waals surface area contributed by atoms with Crippen LogP contribution in [0.25, 0.3) is 22.4 Å². The minimum absolute atomic E-state index is 0.963. The van der Waals surface area contributed by atoms with E-state index in [0.717, 1.165) is 17.0 Å². The molecule has 0 N–H and O–H groups in total. The van der Waals surface area contributed by atoms with Crippen molar-refractivity contribution in [1.82, 2.24) is 9.97 Å². The zero-order valence-electron chi connectivity index (χ0n) is 10.7. The van der Waals surface area contributed by atoms with Gasteiger partial charge < -0.3 is 0 Å². The zero-order chi connectivity index (χ0) is 13.1. The lowest BCUT2D eigenvalue weighted by Crippen LogP contribution is -1.91. The predicted molar refractivity (Wildman–Crippen MR) is 77.6 cm³/mol. The van der Waals surface area contributed by atoms with Gasteiger partial charge >= 0.3 is 0 Å². The molecule has 0 aliphatic carbocycles. The lowest BCUT2D eigenvalue weighted by molar-refractivity contribution is 1.20. The van der Waals surface area contributed by atoms with Gasteiger partial charge in [-0.05, 0) is 30.7 Å². The maximum absolute atomic E-state index is 4.68. The van der Waals surface area contributed by atoms with Gasteiger partial charge in [0.2, 0.25) is 0 Å². The van der Waals surface area contributed by atoms with E-state index in [1.54, 1.807) is 6.20 Å². The topological polar surface area (TPSA) is 25.8 Å². The van der Waals surface area contributed by atoms with Crippen molar-refractivity contribution in [3.05, 3.63) is 72.7 Å². The number of nitrogens with zero attached hydrogens (tertiary/aromatic N) is 2. The van der Waals surface area contributed by atoms with Gasteiger partial charge in [0.25, 0.3) is 0 Å². The molecule has 0 aliphatic heterocycles. The Labute approximate surface area is 112 Å². The largest absolute Gasteiger partial charge is 0.264 e. The van der Waals surface area contributed by atoms with Crippen molar-refractivity contribution in [3.8, 4) is 22.4 Å². The molecule has 0 bridgehead atoms. The first kappa shape index (κ1) is 11.6. The minimum Gasteiger partial charge on any atom is -0.264 e. The molecule has 2 heterocycles. The maximum Gasteiger partial charge on any atom is 0.0721 e. The third kappa shape index (κ3) is 2.38. The number of hydrogen-bond acceptors (Lipinski definition) is 2. The molecule has 1 aromatic carbocycles. The second-order valence-electron chi connectivity index (χ2n) is 4.44. The van der Waals surface area contributed by atoms with Gasteiger partial charge in [0.05, 0.1) is 5.69 Å². The van der Waals surface area contributed by atoms with Gasteiger partial charge in [-0.2, -0.15) is 0 Å². The Morgan fingerprint density at radius 3 is 2.26 bits per heavy atom. The Kier molecular flexibility index (Phi) is 3.07. The Bertz CT molecular complexity index is 676. The molecule has 2 aromatic heterocycles. The summed E-state index contributed by atoms with van der Waals surface area (Å²) in [7, 11) is 0. The van der Waals surface area contributed by atoms with Gasteiger partial charge in [-0.15, -0.1) is 0 Å². The van der Waals surface area contributed by atoms with Gasteiger partial charge in [0.1, 0.15) is 0 Å². The average molecular weight is 246 g/mol. The summed E-state index contributed by atoms with van der Waals surface area (Å²) >= 11 is 0. The fourth-order valence-electron chi connectivity index (χ4n) is 2.16. The first-order chi connectivity index (χ1) is 9.34. The van der Waals surface area contributed by atoms with Gasteiger partial charge in [-0.25, -0.2) is 0 Å². The zero-order valence-corrected chi connectivity index (χ0v) is 10.7. The highest BCUT2D eigenvalue weighted by Gasteiger charge is 2.05. The van der Waals surface area contributed by atoms with Crippen LogP contribution >= 0.6 is 0 Å². The van der Waals surface area contributed by atoms with E-state index in [0.29, 0.717) is 0 Å². The summed E-state index contributed by atoms with van der Waals surface area (Å²) in [5.41, 5.74) is 5.42. The van der Waals surface area contributed by atoms with Crippen molar-refractivity contribution in [2.45, 2.75) is 6.92 Å². The van der Waals surface area contributed by atoms with Crippen LogP contribution in [-0.4, -0.2) is 9.97 Å². The molecular weight excluding hydrogens is 232 g/mol. The number of aryl methyl sites for hydroxylation is 1. The summed E-state index contributed by atoms with van der Waals surface area (Å²) in [6, 6.07) is 18.5. The molecule has 0 atom stereocenters. The number of benzene rings is 1. The molecule has 0 spiro atoms. The number of rotatable bonds is 2. The lowest BCUT2D eigenvalue weighted by atomic mass is 10.0. The van der Waals surface area contributed by atoms with Crippen molar-refractivity contribution in [3.63, 3.8) is 0 Å². The Hall–Kier alpha value is -2.48. The van der Waals surface area contributed by atoms with E-state index in [2.05, 4.69) is 28.2 Å². The van der Waals surface area contributed by atoms with Crippen LogP contribution in [0.15, 0.2) is 67.0 Å². The monoisotopic (exact) mass is 246 g/mol. The first-order valence-electron chi connectivity index (χ1n) is 6.28. The summed E-state index contributed by atoms with van der Waals surface area (Å²) in [6.45, 7) is 2.04. The summed E-state index contributed by atoms with van der Waals surface area (Å²) in [6.07, 6.45) is 3.61. The third-order valence-electron chi connectivity index (χ3n) is 3.13. The van der Waals surface area contributed by atoms with Gasteiger partial charge in [-0.3, -0.25) is 9.97 Å². The molecule has 92 valence electrons. The molecule has 0 unspecified atom stereocenters. The van der Waals surface area contributed by atoms with Crippen molar-refractivity contribution >= 4 is 0 Å². The van der Waals surface area contributed by atoms with E-state index >= 15 is 0 Å². The summed E-state index contributed by atoms with van der Waals surface area (Å²) in [5, 5.41) is 0. The second kappa shape index (κ2) is 5.02. The fourth-order valence-corrected chi connectivity index (χ4v) is 2.16. The quantitative estimate of drug-likeness (QED) is 0.679. The molecule has 0 fully saturated rings. The van der Waals surface area contributed by atoms with Crippen LogP contribution in [0.5, 0.6) is 0 Å². The van der Waals surface area contributed by atoms with Crippen LogP contribution in [-0.2, 0) is 0 Å². The maximum atomic E-state index is 4.68. The number of pyridine rings is 2. The Morgan fingerprint density at radius 2 is 1.58 bits per heavy atom. The normalized spacial score (nSPS) is 10.4. The van der Waals surface area contributed by atoms with Crippen molar-refractivity contribution in [1.29, 1.82) is 0 Å². The van der Waals surface area contributed by atoms with Crippen molar-refractivity contribution < 1.29 is 0 Å². The molecule has 19 heavy (non-hydrogen) atoms. The smallest absolute Gasteiger partial charge is 0.0721 e. The molecule has 3 aromatic rings. The standard InChI is InChI=1S/C17H14N2/c1-13-16(14-6-3-2-4-7-14)9-10-17(19-13)15-8-5-11-18-12-15/h2-12H,1H3. The highest BCUT2D eigenvalue weighted by Crippen LogP contribution is 2.25. The van der Waals surface area contributed by atoms with Crippen molar-refractivity contribution in [2.24, 2.45) is 0 Å². The van der Waals surface area contributed by atoms with Crippen LogP contribution in [0.2, 0.25) is 0 Å². The molecule has 0 saturated heterocycles. The molecular formula is C17H14N2. The molecule has 0 saturated carbocycles. The van der Waals surface area contributed by atoms with E-state index in [-0.39, 0.29) is 0 Å². The van der Waals surface area contributed by atoms with Crippen LogP contribution in [0.4, 0.5) is 0 Å². The first-order valence-corrected chi connectivity index (χ1v) is 6.28. The minimum atomic E-state index is 0.963. The highest BCUT2D eigenvalue weighted by molar-refractivity contribution is 5.69. The van der Waals surface area contributed by atoms with Crippen LogP contribution in [0, 0.1) is 6.92 Å². The Balaban J connectivity index is 2.04. The van der Waals surface area contributed by atoms with E-state index in [1.165, 1.54) is 11.1 Å². The summed E-state index contributed by atoms with van der Waals surface area (Å²) in [5.74, 6) is 0. The van der Waals surface area contributed by atoms with E-state index in [9.17, 15) is 0 Å². The average Bonchev–Trinajstić information content (AvgIpc) is 2.49. The molecule has 3 rings (SSSR count). The van der Waals surface area contributed by atoms with Crippen LogP contribution in [0.3, 0.4) is 0 Å². The Morgan fingerprint density at radius 1 is 0.789 bits per heavy atom. The molecule has 2 heteroatoms. The molecule has 0 amide bonds. The number of hydrogen-bond donors (Lipinski definition) is 0. The predicted octanol–water partition coefficient (Wildman–Crippen LogP) is 4.12. The second-order valence-corrected chi connectivity index (χ2v) is 4.44. The third-order valence-corrected chi connectivity index (χ3v) is 3.13. The SMILES string of the molecule is Cc1nc(-c2cccnc2)ccc1-c1ccccc1. The van der Waals surface area contributed by atoms with E-state index < -0.39 is 0 Å². The van der Waals surface area contributed by atoms with Crippen LogP contribution < -0.4 is 0 Å². The highest BCUT2D eigenvalue weighted by atomic mass is 14.7. The van der Waals surface area contributed by atoms with Gasteiger partial charge in [-0.1, -0.05) is 36.4 Å². The molecule has 0 radical (unpaired) electrons. The fraction of sp³-hybridized carbons (Fsp3) is 0.0588.